The van der Waals surface area contributed by atoms with Crippen LogP contribution < -0.4 is 5.32 Å². The first-order valence-electron chi connectivity index (χ1n) is 6.29. The second kappa shape index (κ2) is 6.99. The molecule has 0 atom stereocenters. The third kappa shape index (κ3) is 4.39. The van der Waals surface area contributed by atoms with Crippen molar-refractivity contribution in [1.29, 1.82) is 0 Å². The molecule has 1 aromatic heterocycles. The second-order valence-corrected chi connectivity index (χ2v) is 5.22. The summed E-state index contributed by atoms with van der Waals surface area (Å²) in [5.41, 5.74) is 1.56. The first-order chi connectivity index (χ1) is 10.1. The molecule has 0 aliphatic rings. The van der Waals surface area contributed by atoms with E-state index in [-0.39, 0.29) is 11.5 Å². The third-order valence-corrected chi connectivity index (χ3v) is 3.48. The minimum atomic E-state index is -1.01. The summed E-state index contributed by atoms with van der Waals surface area (Å²) in [6, 6.07) is 10.0. The summed E-state index contributed by atoms with van der Waals surface area (Å²) in [7, 11) is 0. The Labute approximate surface area is 130 Å². The number of hydrogen-bond donors (Lipinski definition) is 2. The maximum Gasteiger partial charge on any atom is 0.335 e. The summed E-state index contributed by atoms with van der Waals surface area (Å²) in [5, 5.41) is 11.6. The highest BCUT2D eigenvalue weighted by Crippen LogP contribution is 2.24. The van der Waals surface area contributed by atoms with Crippen molar-refractivity contribution in [2.45, 2.75) is 12.8 Å². The van der Waals surface area contributed by atoms with Gasteiger partial charge in [0.1, 0.15) is 0 Å². The van der Waals surface area contributed by atoms with Crippen LogP contribution in [-0.2, 0) is 11.2 Å². The number of aromatic carboxylic acids is 1. The maximum absolute atomic E-state index is 11.9. The number of aromatic nitrogens is 1. The summed E-state index contributed by atoms with van der Waals surface area (Å²) in [6.07, 6.45) is 2.55. The lowest BCUT2D eigenvalue weighted by Gasteiger charge is -2.08. The standard InChI is InChI=1S/C15H13BrN2O3/c16-12-9-10(15(20)21)4-6-13(12)18-14(19)7-5-11-3-1-2-8-17-11/h1-4,6,8-9H,5,7H2,(H,18,19)(H,20,21). The summed E-state index contributed by atoms with van der Waals surface area (Å²) in [4.78, 5) is 26.9. The number of pyridine rings is 1. The van der Waals surface area contributed by atoms with Gasteiger partial charge in [-0.3, -0.25) is 9.78 Å². The summed E-state index contributed by atoms with van der Waals surface area (Å²) in [6.45, 7) is 0. The molecule has 21 heavy (non-hydrogen) atoms. The van der Waals surface area contributed by atoms with Gasteiger partial charge >= 0.3 is 5.97 Å². The fourth-order valence-electron chi connectivity index (χ4n) is 1.75. The maximum atomic E-state index is 11.9. The molecule has 0 aliphatic heterocycles. The highest BCUT2D eigenvalue weighted by Gasteiger charge is 2.09. The van der Waals surface area contributed by atoms with Crippen molar-refractivity contribution in [3.63, 3.8) is 0 Å². The number of amides is 1. The van der Waals surface area contributed by atoms with E-state index in [9.17, 15) is 9.59 Å². The van der Waals surface area contributed by atoms with Gasteiger partial charge in [0.25, 0.3) is 0 Å². The van der Waals surface area contributed by atoms with Crippen LogP contribution >= 0.6 is 15.9 Å². The molecule has 0 saturated carbocycles. The SMILES string of the molecule is O=C(CCc1ccccn1)Nc1ccc(C(=O)O)cc1Br. The molecule has 6 heteroatoms. The molecule has 0 aliphatic carbocycles. The second-order valence-electron chi connectivity index (χ2n) is 4.37. The van der Waals surface area contributed by atoms with Crippen molar-refractivity contribution in [2.75, 3.05) is 5.32 Å². The van der Waals surface area contributed by atoms with E-state index in [1.807, 2.05) is 18.2 Å². The Balaban J connectivity index is 1.95. The van der Waals surface area contributed by atoms with E-state index in [1.165, 1.54) is 12.1 Å². The molecule has 0 fully saturated rings. The topological polar surface area (TPSA) is 79.3 Å². The van der Waals surface area contributed by atoms with Crippen molar-refractivity contribution < 1.29 is 14.7 Å². The number of carboxylic acids is 1. The molecule has 2 rings (SSSR count). The average Bonchev–Trinajstić information content (AvgIpc) is 2.48. The number of nitrogens with one attached hydrogen (secondary N) is 1. The molecule has 2 N–H and O–H groups in total. The minimum Gasteiger partial charge on any atom is -0.478 e. The average molecular weight is 349 g/mol. The van der Waals surface area contributed by atoms with Gasteiger partial charge in [0.2, 0.25) is 5.91 Å². The molecule has 0 saturated heterocycles. The van der Waals surface area contributed by atoms with Gasteiger partial charge in [-0.1, -0.05) is 6.07 Å². The van der Waals surface area contributed by atoms with Crippen LogP contribution in [-0.4, -0.2) is 22.0 Å². The molecule has 2 aromatic rings. The number of aryl methyl sites for hydroxylation is 1. The number of carboxylic acid groups (broad SMARTS) is 1. The van der Waals surface area contributed by atoms with E-state index in [0.29, 0.717) is 23.0 Å². The van der Waals surface area contributed by atoms with Crippen LogP contribution in [0.5, 0.6) is 0 Å². The zero-order valence-corrected chi connectivity index (χ0v) is 12.6. The van der Waals surface area contributed by atoms with Crippen LogP contribution in [0.2, 0.25) is 0 Å². The van der Waals surface area contributed by atoms with Crippen molar-refractivity contribution in [1.82, 2.24) is 4.98 Å². The molecule has 1 aromatic carbocycles. The molecule has 0 spiro atoms. The minimum absolute atomic E-state index is 0.149. The van der Waals surface area contributed by atoms with Crippen molar-refractivity contribution in [3.8, 4) is 0 Å². The predicted octanol–water partition coefficient (Wildman–Crippen LogP) is 3.11. The number of anilines is 1. The zero-order valence-electron chi connectivity index (χ0n) is 11.0. The van der Waals surface area contributed by atoms with Gasteiger partial charge in [-0.15, -0.1) is 0 Å². The van der Waals surface area contributed by atoms with Gasteiger partial charge < -0.3 is 10.4 Å². The Morgan fingerprint density at radius 1 is 1.24 bits per heavy atom. The fourth-order valence-corrected chi connectivity index (χ4v) is 2.23. The van der Waals surface area contributed by atoms with E-state index in [1.54, 1.807) is 12.3 Å². The quantitative estimate of drug-likeness (QED) is 0.869. The van der Waals surface area contributed by atoms with E-state index < -0.39 is 5.97 Å². The van der Waals surface area contributed by atoms with Gasteiger partial charge in [-0.2, -0.15) is 0 Å². The lowest BCUT2D eigenvalue weighted by atomic mass is 10.2. The van der Waals surface area contributed by atoms with Crippen molar-refractivity contribution in [2.24, 2.45) is 0 Å². The molecule has 108 valence electrons. The first kappa shape index (κ1) is 15.2. The van der Waals surface area contributed by atoms with Gasteiger partial charge in [-0.05, 0) is 52.7 Å². The van der Waals surface area contributed by atoms with Gasteiger partial charge in [-0.25, -0.2) is 4.79 Å². The highest BCUT2D eigenvalue weighted by molar-refractivity contribution is 9.10. The number of halogens is 1. The molecule has 5 nitrogen and oxygen atoms in total. The normalized spacial score (nSPS) is 10.1. The zero-order chi connectivity index (χ0) is 15.2. The van der Waals surface area contributed by atoms with E-state index in [0.717, 1.165) is 5.69 Å². The van der Waals surface area contributed by atoms with E-state index in [4.69, 9.17) is 5.11 Å². The summed E-state index contributed by atoms with van der Waals surface area (Å²) >= 11 is 3.25. The number of carbonyl (C=O) groups excluding carboxylic acids is 1. The first-order valence-corrected chi connectivity index (χ1v) is 7.08. The molecule has 0 unspecified atom stereocenters. The Morgan fingerprint density at radius 2 is 2.05 bits per heavy atom. The molecular weight excluding hydrogens is 336 g/mol. The Hall–Kier alpha value is -2.21. The molecular formula is C15H13BrN2O3. The smallest absolute Gasteiger partial charge is 0.335 e. The summed E-state index contributed by atoms with van der Waals surface area (Å²) < 4.78 is 0.536. The lowest BCUT2D eigenvalue weighted by molar-refractivity contribution is -0.116. The third-order valence-electron chi connectivity index (χ3n) is 2.82. The van der Waals surface area contributed by atoms with E-state index in [2.05, 4.69) is 26.2 Å². The van der Waals surface area contributed by atoms with Crippen LogP contribution in [0.3, 0.4) is 0 Å². The van der Waals surface area contributed by atoms with Crippen molar-refractivity contribution in [3.05, 3.63) is 58.3 Å². The van der Waals surface area contributed by atoms with Gasteiger partial charge in [0.05, 0.1) is 11.3 Å². The number of carbonyl (C=O) groups is 2. The fraction of sp³-hybridized carbons (Fsp3) is 0.133. The van der Waals surface area contributed by atoms with E-state index >= 15 is 0 Å². The van der Waals surface area contributed by atoms with Gasteiger partial charge in [0, 0.05) is 22.8 Å². The van der Waals surface area contributed by atoms with Crippen LogP contribution in [0.1, 0.15) is 22.5 Å². The van der Waals surface area contributed by atoms with Crippen LogP contribution in [0.25, 0.3) is 0 Å². The molecule has 0 radical (unpaired) electrons. The molecule has 1 heterocycles. The number of hydrogen-bond acceptors (Lipinski definition) is 3. The van der Waals surface area contributed by atoms with Crippen LogP contribution in [0.4, 0.5) is 5.69 Å². The largest absolute Gasteiger partial charge is 0.478 e. The Kier molecular flexibility index (Phi) is 5.05. The Bertz CT molecular complexity index is 659. The van der Waals surface area contributed by atoms with Crippen molar-refractivity contribution >= 4 is 33.5 Å². The summed E-state index contributed by atoms with van der Waals surface area (Å²) in [5.74, 6) is -1.16. The van der Waals surface area contributed by atoms with Crippen LogP contribution in [0.15, 0.2) is 47.1 Å². The molecule has 1 amide bonds. The predicted molar refractivity (Wildman–Crippen MR) is 82.3 cm³/mol. The Morgan fingerprint density at radius 3 is 2.67 bits per heavy atom. The number of nitrogens with zero attached hydrogens (tertiary/aromatic N) is 1. The number of rotatable bonds is 5. The number of benzene rings is 1. The highest BCUT2D eigenvalue weighted by atomic mass is 79.9. The van der Waals surface area contributed by atoms with Crippen LogP contribution in [0, 0.1) is 0 Å². The lowest BCUT2D eigenvalue weighted by Crippen LogP contribution is -2.13. The monoisotopic (exact) mass is 348 g/mol. The molecule has 0 bridgehead atoms. The van der Waals surface area contributed by atoms with Gasteiger partial charge in [0.15, 0.2) is 0 Å².